The number of carbonyl (C=O) groups is 2. The smallest absolute Gasteiger partial charge is 0.233 e. The van der Waals surface area contributed by atoms with Crippen molar-refractivity contribution < 1.29 is 14.3 Å². The van der Waals surface area contributed by atoms with Gasteiger partial charge in [-0.2, -0.15) is 0 Å². The summed E-state index contributed by atoms with van der Waals surface area (Å²) in [6.45, 7) is 11.2. The van der Waals surface area contributed by atoms with Gasteiger partial charge in [-0.05, 0) is 51.0 Å². The summed E-state index contributed by atoms with van der Waals surface area (Å²) >= 11 is 0. The summed E-state index contributed by atoms with van der Waals surface area (Å²) in [5, 5.41) is 2.85. The zero-order chi connectivity index (χ0) is 20.5. The van der Waals surface area contributed by atoms with Gasteiger partial charge in [0.2, 0.25) is 11.8 Å². The molecule has 0 aliphatic carbocycles. The molecule has 29 heavy (non-hydrogen) atoms. The number of amides is 2. The van der Waals surface area contributed by atoms with Gasteiger partial charge in [-0.15, -0.1) is 0 Å². The normalized spacial score (nSPS) is 19.0. The van der Waals surface area contributed by atoms with Gasteiger partial charge in [0, 0.05) is 38.4 Å². The van der Waals surface area contributed by atoms with Crippen LogP contribution in [-0.2, 0) is 14.3 Å². The summed E-state index contributed by atoms with van der Waals surface area (Å²) in [5.74, 6) is -0.317. The Morgan fingerprint density at radius 3 is 2.45 bits per heavy atom. The van der Waals surface area contributed by atoms with Gasteiger partial charge in [-0.25, -0.2) is 0 Å². The average Bonchev–Trinajstić information content (AvgIpc) is 2.96. The lowest BCUT2D eigenvalue weighted by atomic mass is 10.2. The second kappa shape index (κ2) is 11.3. The zero-order valence-corrected chi connectivity index (χ0v) is 17.6. The molecule has 2 fully saturated rings. The first-order valence-electron chi connectivity index (χ1n) is 10.8. The fourth-order valence-electron chi connectivity index (χ4n) is 3.94. The van der Waals surface area contributed by atoms with Gasteiger partial charge in [-0.3, -0.25) is 14.5 Å². The highest BCUT2D eigenvalue weighted by atomic mass is 16.5. The highest BCUT2D eigenvalue weighted by Crippen LogP contribution is 2.14. The van der Waals surface area contributed by atoms with E-state index in [9.17, 15) is 9.59 Å². The molecule has 2 aliphatic heterocycles. The number of aryl methyl sites for hydroxylation is 1. The summed E-state index contributed by atoms with van der Waals surface area (Å²) < 4.78 is 5.40. The van der Waals surface area contributed by atoms with Crippen molar-refractivity contribution in [1.29, 1.82) is 0 Å². The third-order valence-electron chi connectivity index (χ3n) is 5.72. The molecule has 1 N–H and O–H groups in total. The lowest BCUT2D eigenvalue weighted by Gasteiger charge is -2.28. The van der Waals surface area contributed by atoms with Gasteiger partial charge in [0.15, 0.2) is 0 Å². The van der Waals surface area contributed by atoms with Crippen molar-refractivity contribution >= 4 is 17.5 Å². The van der Waals surface area contributed by atoms with E-state index in [0.717, 1.165) is 83.1 Å². The van der Waals surface area contributed by atoms with Crippen molar-refractivity contribution in [2.45, 2.75) is 26.2 Å². The summed E-state index contributed by atoms with van der Waals surface area (Å²) in [7, 11) is 0. The van der Waals surface area contributed by atoms with E-state index in [-0.39, 0.29) is 18.2 Å². The summed E-state index contributed by atoms with van der Waals surface area (Å²) in [6, 6.07) is 7.62. The number of benzene rings is 1. The summed E-state index contributed by atoms with van der Waals surface area (Å²) in [6.07, 6.45) is 2.01. The second-order valence-electron chi connectivity index (χ2n) is 7.92. The highest BCUT2D eigenvalue weighted by Gasteiger charge is 2.21. The van der Waals surface area contributed by atoms with Crippen LogP contribution < -0.4 is 5.32 Å². The van der Waals surface area contributed by atoms with Crippen LogP contribution in [0.25, 0.3) is 0 Å². The van der Waals surface area contributed by atoms with Crippen LogP contribution in [0.4, 0.5) is 5.69 Å². The molecule has 7 nitrogen and oxygen atoms in total. The Morgan fingerprint density at radius 2 is 1.69 bits per heavy atom. The van der Waals surface area contributed by atoms with Crippen LogP contribution in [0.5, 0.6) is 0 Å². The molecule has 1 aromatic rings. The van der Waals surface area contributed by atoms with E-state index in [4.69, 9.17) is 4.74 Å². The molecule has 0 saturated carbocycles. The second-order valence-corrected chi connectivity index (χ2v) is 7.92. The van der Waals surface area contributed by atoms with Crippen molar-refractivity contribution in [3.8, 4) is 0 Å². The number of rotatable bonds is 7. The van der Waals surface area contributed by atoms with Crippen molar-refractivity contribution in [3.05, 3.63) is 29.8 Å². The van der Waals surface area contributed by atoms with E-state index < -0.39 is 0 Å². The molecular weight excluding hydrogens is 368 g/mol. The van der Waals surface area contributed by atoms with Crippen LogP contribution in [0.15, 0.2) is 24.3 Å². The monoisotopic (exact) mass is 402 g/mol. The fourth-order valence-corrected chi connectivity index (χ4v) is 3.94. The fraction of sp³-hybridized carbons (Fsp3) is 0.636. The predicted molar refractivity (Wildman–Crippen MR) is 114 cm³/mol. The largest absolute Gasteiger partial charge is 0.379 e. The lowest BCUT2D eigenvalue weighted by molar-refractivity contribution is -0.134. The first kappa shape index (κ1) is 21.7. The minimum atomic E-state index is -0.240. The Bertz CT molecular complexity index is 676. The van der Waals surface area contributed by atoms with Gasteiger partial charge < -0.3 is 19.9 Å². The Balaban J connectivity index is 1.37. The molecule has 2 aliphatic rings. The zero-order valence-electron chi connectivity index (χ0n) is 17.6. The molecule has 1 aromatic carbocycles. The summed E-state index contributed by atoms with van der Waals surface area (Å²) in [4.78, 5) is 31.6. The molecule has 2 saturated heterocycles. The topological polar surface area (TPSA) is 65.1 Å². The quantitative estimate of drug-likeness (QED) is 0.702. The van der Waals surface area contributed by atoms with Gasteiger partial charge in [0.05, 0.1) is 13.2 Å². The molecule has 2 heterocycles. The molecule has 0 atom stereocenters. The molecule has 0 bridgehead atoms. The number of anilines is 1. The lowest BCUT2D eigenvalue weighted by Crippen LogP contribution is -2.39. The third-order valence-corrected chi connectivity index (χ3v) is 5.72. The molecule has 0 aromatic heterocycles. The van der Waals surface area contributed by atoms with Crippen LogP contribution >= 0.6 is 0 Å². The number of para-hydroxylation sites is 1. The SMILES string of the molecule is Cc1ccccc1NC(=O)CC(=O)N1CCCN(CCCN2CCOCC2)CC1. The molecule has 7 heteroatoms. The van der Waals surface area contributed by atoms with E-state index in [2.05, 4.69) is 15.1 Å². The van der Waals surface area contributed by atoms with E-state index >= 15 is 0 Å². The Labute approximate surface area is 174 Å². The molecule has 0 radical (unpaired) electrons. The van der Waals surface area contributed by atoms with Crippen molar-refractivity contribution in [3.63, 3.8) is 0 Å². The number of carbonyl (C=O) groups excluding carboxylic acids is 2. The average molecular weight is 403 g/mol. The van der Waals surface area contributed by atoms with Crippen LogP contribution in [0.3, 0.4) is 0 Å². The molecule has 0 unspecified atom stereocenters. The number of nitrogens with zero attached hydrogens (tertiary/aromatic N) is 3. The van der Waals surface area contributed by atoms with E-state index in [1.807, 2.05) is 36.1 Å². The molecule has 0 spiro atoms. The predicted octanol–water partition coefficient (Wildman–Crippen LogP) is 1.58. The van der Waals surface area contributed by atoms with Crippen LogP contribution in [0.2, 0.25) is 0 Å². The number of hydrogen-bond donors (Lipinski definition) is 1. The van der Waals surface area contributed by atoms with Crippen molar-refractivity contribution in [1.82, 2.24) is 14.7 Å². The van der Waals surface area contributed by atoms with Crippen molar-refractivity contribution in [2.75, 3.05) is 70.9 Å². The maximum atomic E-state index is 12.6. The minimum Gasteiger partial charge on any atom is -0.379 e. The summed E-state index contributed by atoms with van der Waals surface area (Å²) in [5.41, 5.74) is 1.77. The van der Waals surface area contributed by atoms with E-state index in [1.54, 1.807) is 0 Å². The van der Waals surface area contributed by atoms with Gasteiger partial charge >= 0.3 is 0 Å². The maximum Gasteiger partial charge on any atom is 0.233 e. The van der Waals surface area contributed by atoms with Crippen LogP contribution in [0, 0.1) is 6.92 Å². The van der Waals surface area contributed by atoms with Gasteiger partial charge in [0.25, 0.3) is 0 Å². The maximum absolute atomic E-state index is 12.6. The molecule has 3 rings (SSSR count). The first-order chi connectivity index (χ1) is 14.1. The number of hydrogen-bond acceptors (Lipinski definition) is 5. The Hall–Kier alpha value is -1.96. The number of nitrogens with one attached hydrogen (secondary N) is 1. The van der Waals surface area contributed by atoms with Gasteiger partial charge in [-0.1, -0.05) is 18.2 Å². The first-order valence-corrected chi connectivity index (χ1v) is 10.8. The van der Waals surface area contributed by atoms with E-state index in [0.29, 0.717) is 6.54 Å². The molecule has 2 amide bonds. The van der Waals surface area contributed by atoms with Crippen LogP contribution in [0.1, 0.15) is 24.8 Å². The Morgan fingerprint density at radius 1 is 0.966 bits per heavy atom. The van der Waals surface area contributed by atoms with E-state index in [1.165, 1.54) is 0 Å². The van der Waals surface area contributed by atoms with Gasteiger partial charge in [0.1, 0.15) is 6.42 Å². The van der Waals surface area contributed by atoms with Crippen LogP contribution in [-0.4, -0.2) is 92.1 Å². The Kier molecular flexibility index (Phi) is 8.46. The van der Waals surface area contributed by atoms with Crippen molar-refractivity contribution in [2.24, 2.45) is 0 Å². The molecular formula is C22H34N4O3. The number of morpholine rings is 1. The minimum absolute atomic E-state index is 0.0775. The number of ether oxygens (including phenoxy) is 1. The standard InChI is InChI=1S/C22H34N4O3/c1-19-6-2-3-7-20(19)23-21(27)18-22(28)26-11-5-10-24(12-13-26)8-4-9-25-14-16-29-17-15-25/h2-3,6-7H,4-5,8-18H2,1H3,(H,23,27). The highest BCUT2D eigenvalue weighted by molar-refractivity contribution is 6.03. The molecule has 160 valence electrons. The third kappa shape index (κ3) is 7.10.